The second-order valence-corrected chi connectivity index (χ2v) is 6.51. The maximum absolute atomic E-state index is 12.8. The van der Waals surface area contributed by atoms with Gasteiger partial charge in [0.1, 0.15) is 0 Å². The molecule has 2 aromatic carbocycles. The van der Waals surface area contributed by atoms with Crippen molar-refractivity contribution in [3.05, 3.63) is 76.9 Å². The summed E-state index contributed by atoms with van der Waals surface area (Å²) in [7, 11) is 0. The molecule has 1 aliphatic carbocycles. The molecule has 1 fully saturated rings. The van der Waals surface area contributed by atoms with Crippen LogP contribution < -0.4 is 0 Å². The molecule has 0 aromatic heterocycles. The molecule has 1 saturated heterocycles. The van der Waals surface area contributed by atoms with Gasteiger partial charge < -0.3 is 0 Å². The maximum atomic E-state index is 12.8. The van der Waals surface area contributed by atoms with E-state index in [1.807, 2.05) is 30.3 Å². The summed E-state index contributed by atoms with van der Waals surface area (Å²) in [6.45, 7) is 0.0947. The van der Waals surface area contributed by atoms with Crippen molar-refractivity contribution in [1.82, 2.24) is 4.90 Å². The van der Waals surface area contributed by atoms with Crippen LogP contribution in [0.25, 0.3) is 5.57 Å². The van der Waals surface area contributed by atoms with Crippen molar-refractivity contribution >= 4 is 5.57 Å². The van der Waals surface area contributed by atoms with Crippen molar-refractivity contribution in [2.45, 2.75) is 18.5 Å². The summed E-state index contributed by atoms with van der Waals surface area (Å²) in [6, 6.07) is 18.3. The van der Waals surface area contributed by atoms with Gasteiger partial charge in [-0.05, 0) is 28.7 Å². The largest absolute Gasteiger partial charge is 0.401 e. The van der Waals surface area contributed by atoms with Crippen LogP contribution in [0.3, 0.4) is 0 Å². The van der Waals surface area contributed by atoms with Crippen molar-refractivity contribution < 1.29 is 13.2 Å². The van der Waals surface area contributed by atoms with E-state index in [0.717, 1.165) is 5.56 Å². The van der Waals surface area contributed by atoms with E-state index in [0.29, 0.717) is 19.5 Å². The molecule has 1 unspecified atom stereocenters. The second-order valence-electron chi connectivity index (χ2n) is 6.51. The fourth-order valence-corrected chi connectivity index (χ4v) is 4.04. The lowest BCUT2D eigenvalue weighted by Gasteiger charge is -2.33. The van der Waals surface area contributed by atoms with Gasteiger partial charge in [-0.1, -0.05) is 60.2 Å². The number of hydrogen-bond donors (Lipinski definition) is 0. The number of alkyl halides is 3. The molecular weight excluding hydrogens is 311 g/mol. The normalized spacial score (nSPS) is 20.9. The first-order valence-corrected chi connectivity index (χ1v) is 8.20. The zero-order valence-electron chi connectivity index (χ0n) is 13.2. The lowest BCUT2D eigenvalue weighted by Crippen LogP contribution is -2.41. The van der Waals surface area contributed by atoms with E-state index in [1.54, 1.807) is 4.90 Å². The molecular formula is C20H18F3N. The molecule has 0 amide bonds. The third-order valence-corrected chi connectivity index (χ3v) is 4.95. The van der Waals surface area contributed by atoms with E-state index in [4.69, 9.17) is 0 Å². The number of benzene rings is 2. The Balaban J connectivity index is 1.74. The second kappa shape index (κ2) is 5.78. The summed E-state index contributed by atoms with van der Waals surface area (Å²) in [5.41, 5.74) is 6.02. The van der Waals surface area contributed by atoms with Crippen molar-refractivity contribution in [2.75, 3.05) is 19.6 Å². The summed E-state index contributed by atoms with van der Waals surface area (Å²) in [6.07, 6.45) is -3.44. The van der Waals surface area contributed by atoms with Crippen molar-refractivity contribution in [1.29, 1.82) is 0 Å². The average molecular weight is 329 g/mol. The molecule has 1 aliphatic heterocycles. The third-order valence-electron chi connectivity index (χ3n) is 4.95. The first-order chi connectivity index (χ1) is 11.5. The summed E-state index contributed by atoms with van der Waals surface area (Å²) < 4.78 is 38.3. The molecule has 0 saturated carbocycles. The number of piperidine rings is 1. The van der Waals surface area contributed by atoms with Crippen LogP contribution in [0.15, 0.2) is 60.2 Å². The molecule has 24 heavy (non-hydrogen) atoms. The first kappa shape index (κ1) is 15.5. The summed E-state index contributed by atoms with van der Waals surface area (Å²) in [4.78, 5) is 1.54. The van der Waals surface area contributed by atoms with Gasteiger partial charge in [0.15, 0.2) is 0 Å². The van der Waals surface area contributed by atoms with Gasteiger partial charge in [0.25, 0.3) is 0 Å². The smallest absolute Gasteiger partial charge is 0.294 e. The van der Waals surface area contributed by atoms with Gasteiger partial charge in [0.05, 0.1) is 6.54 Å². The Bertz CT molecular complexity index is 777. The highest BCUT2D eigenvalue weighted by Crippen LogP contribution is 2.48. The SMILES string of the molecule is FC(F)(F)CN1CCC2=C(c3ccccc3)c3ccccc3C2C1. The van der Waals surface area contributed by atoms with Crippen LogP contribution in [0.5, 0.6) is 0 Å². The molecule has 0 spiro atoms. The average Bonchev–Trinajstić information content (AvgIpc) is 2.88. The van der Waals surface area contributed by atoms with E-state index in [9.17, 15) is 13.2 Å². The highest BCUT2D eigenvalue weighted by molar-refractivity contribution is 5.88. The Hall–Kier alpha value is -2.07. The Labute approximate surface area is 139 Å². The molecule has 1 heterocycles. The maximum Gasteiger partial charge on any atom is 0.401 e. The predicted octanol–water partition coefficient (Wildman–Crippen LogP) is 4.85. The fraction of sp³-hybridized carbons (Fsp3) is 0.300. The van der Waals surface area contributed by atoms with Crippen molar-refractivity contribution in [3.8, 4) is 0 Å². The van der Waals surface area contributed by atoms with Crippen LogP contribution in [0.4, 0.5) is 13.2 Å². The number of rotatable bonds is 2. The highest BCUT2D eigenvalue weighted by Gasteiger charge is 2.39. The molecule has 0 bridgehead atoms. The predicted molar refractivity (Wildman–Crippen MR) is 88.8 cm³/mol. The molecule has 4 heteroatoms. The minimum atomic E-state index is -4.14. The van der Waals surface area contributed by atoms with Crippen molar-refractivity contribution in [3.63, 3.8) is 0 Å². The molecule has 4 rings (SSSR count). The Morgan fingerprint density at radius 3 is 2.42 bits per heavy atom. The topological polar surface area (TPSA) is 3.24 Å². The Kier molecular flexibility index (Phi) is 3.72. The van der Waals surface area contributed by atoms with Gasteiger partial charge in [-0.2, -0.15) is 13.2 Å². The number of halogens is 3. The zero-order chi connectivity index (χ0) is 16.7. The minimum Gasteiger partial charge on any atom is -0.294 e. The number of hydrogen-bond acceptors (Lipinski definition) is 1. The molecule has 0 radical (unpaired) electrons. The lowest BCUT2D eigenvalue weighted by atomic mass is 9.89. The molecule has 2 aliphatic rings. The summed E-state index contributed by atoms with van der Waals surface area (Å²) in [5.74, 6) is 0.0764. The first-order valence-electron chi connectivity index (χ1n) is 8.20. The molecule has 1 nitrogen and oxygen atoms in total. The van der Waals surface area contributed by atoms with Crippen LogP contribution >= 0.6 is 0 Å². The molecule has 124 valence electrons. The quantitative estimate of drug-likeness (QED) is 0.761. The molecule has 0 N–H and O–H groups in total. The lowest BCUT2D eigenvalue weighted by molar-refractivity contribution is -0.147. The van der Waals surface area contributed by atoms with Crippen LogP contribution in [0, 0.1) is 0 Å². The summed E-state index contributed by atoms with van der Waals surface area (Å²) >= 11 is 0. The van der Waals surface area contributed by atoms with Crippen LogP contribution in [-0.2, 0) is 0 Å². The summed E-state index contributed by atoms with van der Waals surface area (Å²) in [5, 5.41) is 0. The number of nitrogens with zero attached hydrogens (tertiary/aromatic N) is 1. The van der Waals surface area contributed by atoms with Gasteiger partial charge in [-0.25, -0.2) is 0 Å². The monoisotopic (exact) mass is 329 g/mol. The number of fused-ring (bicyclic) bond motifs is 3. The molecule has 1 atom stereocenters. The van der Waals surface area contributed by atoms with E-state index in [-0.39, 0.29) is 5.92 Å². The van der Waals surface area contributed by atoms with E-state index in [1.165, 1.54) is 22.3 Å². The van der Waals surface area contributed by atoms with Gasteiger partial charge in [-0.3, -0.25) is 4.90 Å². The third kappa shape index (κ3) is 2.75. The van der Waals surface area contributed by atoms with E-state index in [2.05, 4.69) is 24.3 Å². The van der Waals surface area contributed by atoms with E-state index >= 15 is 0 Å². The van der Waals surface area contributed by atoms with Crippen LogP contribution in [0.2, 0.25) is 0 Å². The fourth-order valence-electron chi connectivity index (χ4n) is 4.04. The van der Waals surface area contributed by atoms with Crippen LogP contribution in [0.1, 0.15) is 29.0 Å². The van der Waals surface area contributed by atoms with Gasteiger partial charge in [0, 0.05) is 19.0 Å². The van der Waals surface area contributed by atoms with Crippen molar-refractivity contribution in [2.24, 2.45) is 0 Å². The Morgan fingerprint density at radius 1 is 0.958 bits per heavy atom. The molecule has 2 aromatic rings. The van der Waals surface area contributed by atoms with Gasteiger partial charge >= 0.3 is 6.18 Å². The van der Waals surface area contributed by atoms with Gasteiger partial charge in [0.2, 0.25) is 0 Å². The minimum absolute atomic E-state index is 0.0764. The Morgan fingerprint density at radius 2 is 1.67 bits per heavy atom. The number of likely N-dealkylation sites (tertiary alicyclic amines) is 1. The highest BCUT2D eigenvalue weighted by atomic mass is 19.4. The van der Waals surface area contributed by atoms with E-state index < -0.39 is 12.7 Å². The standard InChI is InChI=1S/C20H18F3N/c21-20(22,23)13-24-11-10-17-18(12-24)15-8-4-5-9-16(15)19(17)14-6-2-1-3-7-14/h1-9,18H,10-13H2. The van der Waals surface area contributed by atoms with Gasteiger partial charge in [-0.15, -0.1) is 0 Å². The van der Waals surface area contributed by atoms with Crippen LogP contribution in [-0.4, -0.2) is 30.7 Å². The zero-order valence-corrected chi connectivity index (χ0v) is 13.2.